The van der Waals surface area contributed by atoms with E-state index in [2.05, 4.69) is 63.9 Å². The van der Waals surface area contributed by atoms with Crippen molar-refractivity contribution in [3.05, 3.63) is 48.4 Å². The Bertz CT molecular complexity index is 1220. The molecule has 7 heteroatoms. The van der Waals surface area contributed by atoms with Crippen LogP contribution in [0.4, 0.5) is 5.82 Å². The second kappa shape index (κ2) is 7.81. The number of rotatable bonds is 4. The highest BCUT2D eigenvalue weighted by atomic mass is 16.3. The number of likely N-dealkylation sites (tertiary alicyclic amines) is 1. The molecule has 4 heterocycles. The number of anilines is 1. The minimum Gasteiger partial charge on any atom is -0.436 e. The predicted octanol–water partition coefficient (Wildman–Crippen LogP) is 4.73. The summed E-state index contributed by atoms with van der Waals surface area (Å²) in [6.07, 6.45) is 8.02. The van der Waals surface area contributed by atoms with Crippen LogP contribution in [0.2, 0.25) is 0 Å². The van der Waals surface area contributed by atoms with Crippen LogP contribution in [-0.4, -0.2) is 44.8 Å². The van der Waals surface area contributed by atoms with E-state index in [0.717, 1.165) is 48.2 Å². The molecule has 2 N–H and O–H groups in total. The van der Waals surface area contributed by atoms with Crippen molar-refractivity contribution in [2.45, 2.75) is 38.6 Å². The number of aromatic nitrogens is 4. The van der Waals surface area contributed by atoms with Crippen molar-refractivity contribution in [3.8, 4) is 22.6 Å². The minimum absolute atomic E-state index is 0.405. The number of pyridine rings is 1. The fourth-order valence-electron chi connectivity index (χ4n) is 4.17. The molecule has 1 aromatic carbocycles. The molecule has 0 unspecified atom stereocenters. The van der Waals surface area contributed by atoms with Crippen molar-refractivity contribution in [1.29, 1.82) is 0 Å². The third-order valence-electron chi connectivity index (χ3n) is 6.23. The maximum atomic E-state index is 6.20. The lowest BCUT2D eigenvalue weighted by atomic mass is 10.0. The third-order valence-corrected chi connectivity index (χ3v) is 6.23. The van der Waals surface area contributed by atoms with Gasteiger partial charge in [-0.15, -0.1) is 0 Å². The Hall–Kier alpha value is -3.19. The molecule has 160 valence electrons. The second-order valence-electron chi connectivity index (χ2n) is 8.80. The van der Waals surface area contributed by atoms with Gasteiger partial charge in [-0.05, 0) is 62.7 Å². The summed E-state index contributed by atoms with van der Waals surface area (Å²) < 4.78 is 8.16. The fraction of sp³-hybridized carbons (Fsp3) is 0.375. The number of benzene rings is 1. The largest absolute Gasteiger partial charge is 0.436 e. The number of piperidine rings is 1. The predicted molar refractivity (Wildman–Crippen MR) is 123 cm³/mol. The molecular formula is C24H28N6O. The lowest BCUT2D eigenvalue weighted by Crippen LogP contribution is -2.31. The van der Waals surface area contributed by atoms with Crippen LogP contribution in [0.5, 0.6) is 0 Å². The van der Waals surface area contributed by atoms with Gasteiger partial charge in [-0.25, -0.2) is 9.97 Å². The van der Waals surface area contributed by atoms with Gasteiger partial charge in [0.25, 0.3) is 0 Å². The standard InChI is InChI=1S/C24H28N6O/c1-15(2)16-4-5-21-22(11-16)31-24(28-21)20-10-17(12-26-23(20)25)18-13-27-30(14-18)19-6-8-29(3)9-7-19/h4-5,10-15,19H,6-9H2,1-3H3,(H2,25,26). The average Bonchev–Trinajstić information content (AvgIpc) is 3.41. The Morgan fingerprint density at radius 3 is 2.68 bits per heavy atom. The van der Waals surface area contributed by atoms with E-state index in [1.165, 1.54) is 5.56 Å². The highest BCUT2D eigenvalue weighted by Gasteiger charge is 2.20. The van der Waals surface area contributed by atoms with E-state index < -0.39 is 0 Å². The molecule has 7 nitrogen and oxygen atoms in total. The van der Waals surface area contributed by atoms with Gasteiger partial charge >= 0.3 is 0 Å². The molecular weight excluding hydrogens is 388 g/mol. The molecule has 0 radical (unpaired) electrons. The summed E-state index contributed by atoms with van der Waals surface area (Å²) in [6.45, 7) is 6.53. The van der Waals surface area contributed by atoms with Crippen molar-refractivity contribution >= 4 is 16.9 Å². The molecule has 0 spiro atoms. The Balaban J connectivity index is 1.47. The van der Waals surface area contributed by atoms with E-state index >= 15 is 0 Å². The van der Waals surface area contributed by atoms with E-state index in [1.807, 2.05) is 18.3 Å². The van der Waals surface area contributed by atoms with Crippen molar-refractivity contribution < 1.29 is 4.42 Å². The van der Waals surface area contributed by atoms with Gasteiger partial charge in [-0.3, -0.25) is 4.68 Å². The van der Waals surface area contributed by atoms with Gasteiger partial charge in [-0.1, -0.05) is 19.9 Å². The molecule has 4 aromatic rings. The first-order chi connectivity index (χ1) is 15.0. The highest BCUT2D eigenvalue weighted by Crippen LogP contribution is 2.33. The molecule has 1 saturated heterocycles. The van der Waals surface area contributed by atoms with Gasteiger partial charge < -0.3 is 15.1 Å². The van der Waals surface area contributed by atoms with E-state index in [1.54, 1.807) is 6.20 Å². The van der Waals surface area contributed by atoms with Crippen molar-refractivity contribution in [2.24, 2.45) is 0 Å². The smallest absolute Gasteiger partial charge is 0.231 e. The van der Waals surface area contributed by atoms with Crippen LogP contribution < -0.4 is 5.73 Å². The van der Waals surface area contributed by atoms with Crippen molar-refractivity contribution in [2.75, 3.05) is 25.9 Å². The van der Waals surface area contributed by atoms with Crippen LogP contribution in [0.1, 0.15) is 44.2 Å². The SMILES string of the molecule is CC(C)c1ccc2nc(-c3cc(-c4cnn(C5CCN(C)CC5)c4)cnc3N)oc2c1. The molecule has 1 aliphatic heterocycles. The minimum atomic E-state index is 0.405. The maximum absolute atomic E-state index is 6.20. The van der Waals surface area contributed by atoms with Gasteiger partial charge in [0.05, 0.1) is 17.8 Å². The summed E-state index contributed by atoms with van der Waals surface area (Å²) >= 11 is 0. The number of hydrogen-bond donors (Lipinski definition) is 1. The van der Waals surface area contributed by atoms with Gasteiger partial charge in [0, 0.05) is 23.5 Å². The Morgan fingerprint density at radius 1 is 1.10 bits per heavy atom. The summed E-state index contributed by atoms with van der Waals surface area (Å²) in [6, 6.07) is 8.58. The first kappa shape index (κ1) is 19.8. The van der Waals surface area contributed by atoms with E-state index in [4.69, 9.17) is 10.2 Å². The number of hydrogen-bond acceptors (Lipinski definition) is 6. The molecule has 5 rings (SSSR count). The van der Waals surface area contributed by atoms with Crippen LogP contribution >= 0.6 is 0 Å². The van der Waals surface area contributed by atoms with Crippen LogP contribution in [-0.2, 0) is 0 Å². The quantitative estimate of drug-likeness (QED) is 0.518. The number of nitrogen functional groups attached to an aromatic ring is 1. The lowest BCUT2D eigenvalue weighted by Gasteiger charge is -2.28. The zero-order valence-electron chi connectivity index (χ0n) is 18.2. The first-order valence-electron chi connectivity index (χ1n) is 10.9. The molecule has 0 bridgehead atoms. The van der Waals surface area contributed by atoms with Crippen LogP contribution in [0.15, 0.2) is 47.3 Å². The lowest BCUT2D eigenvalue weighted by molar-refractivity contribution is 0.212. The van der Waals surface area contributed by atoms with E-state index in [9.17, 15) is 0 Å². The first-order valence-corrected chi connectivity index (χ1v) is 10.9. The van der Waals surface area contributed by atoms with Crippen LogP contribution in [0.25, 0.3) is 33.7 Å². The molecule has 0 aliphatic carbocycles. The second-order valence-corrected chi connectivity index (χ2v) is 8.80. The van der Waals surface area contributed by atoms with Crippen molar-refractivity contribution in [3.63, 3.8) is 0 Å². The van der Waals surface area contributed by atoms with Crippen LogP contribution in [0, 0.1) is 0 Å². The van der Waals surface area contributed by atoms with E-state index in [0.29, 0.717) is 29.2 Å². The Morgan fingerprint density at radius 2 is 1.90 bits per heavy atom. The topological polar surface area (TPSA) is 86.0 Å². The van der Waals surface area contributed by atoms with Crippen LogP contribution in [0.3, 0.4) is 0 Å². The number of nitrogens with two attached hydrogens (primary N) is 1. The number of oxazole rings is 1. The number of fused-ring (bicyclic) bond motifs is 1. The summed E-state index contributed by atoms with van der Waals surface area (Å²) in [5, 5.41) is 4.63. The van der Waals surface area contributed by atoms with Gasteiger partial charge in [-0.2, -0.15) is 5.10 Å². The summed E-state index contributed by atoms with van der Waals surface area (Å²) in [5.74, 6) is 1.32. The molecule has 31 heavy (non-hydrogen) atoms. The average molecular weight is 417 g/mol. The Kier molecular flexibility index (Phi) is 4.98. The van der Waals surface area contributed by atoms with Gasteiger partial charge in [0.1, 0.15) is 11.3 Å². The highest BCUT2D eigenvalue weighted by molar-refractivity contribution is 5.81. The Labute approximate surface area is 181 Å². The molecule has 1 aliphatic rings. The van der Waals surface area contributed by atoms with E-state index in [-0.39, 0.29) is 0 Å². The normalized spacial score (nSPS) is 15.9. The monoisotopic (exact) mass is 416 g/mol. The number of nitrogens with zero attached hydrogens (tertiary/aromatic N) is 5. The summed E-state index contributed by atoms with van der Waals surface area (Å²) in [5.41, 5.74) is 11.7. The fourth-order valence-corrected chi connectivity index (χ4v) is 4.17. The van der Waals surface area contributed by atoms with Gasteiger partial charge in [0.2, 0.25) is 5.89 Å². The molecule has 0 saturated carbocycles. The summed E-state index contributed by atoms with van der Waals surface area (Å²) in [7, 11) is 2.17. The zero-order valence-corrected chi connectivity index (χ0v) is 18.2. The maximum Gasteiger partial charge on any atom is 0.231 e. The van der Waals surface area contributed by atoms with Crippen molar-refractivity contribution in [1.82, 2.24) is 24.6 Å². The van der Waals surface area contributed by atoms with Gasteiger partial charge in [0.15, 0.2) is 5.58 Å². The third kappa shape index (κ3) is 3.81. The molecule has 0 amide bonds. The molecule has 0 atom stereocenters. The molecule has 3 aromatic heterocycles. The molecule has 1 fully saturated rings. The zero-order chi connectivity index (χ0) is 21.5. The summed E-state index contributed by atoms with van der Waals surface area (Å²) in [4.78, 5) is 11.4.